The van der Waals surface area contributed by atoms with Crippen LogP contribution in [-0.2, 0) is 6.54 Å². The summed E-state index contributed by atoms with van der Waals surface area (Å²) in [5, 5.41) is 12.6. The molecule has 1 aromatic heterocycles. The molecule has 2 aromatic rings. The Morgan fingerprint density at radius 2 is 1.95 bits per heavy atom. The number of hydrogen-bond acceptors (Lipinski definition) is 3. The summed E-state index contributed by atoms with van der Waals surface area (Å²) in [6.45, 7) is 0.241. The minimum absolute atomic E-state index is 0.123. The molecule has 0 aliphatic heterocycles. The second kappa shape index (κ2) is 6.16. The fourth-order valence-electron chi connectivity index (χ4n) is 1.53. The Hall–Kier alpha value is -1.40. The SMILES string of the molecule is O=C(NCc1cc(Br)cc(Br)c1O)c1ccncc1. The van der Waals surface area contributed by atoms with Crippen molar-refractivity contribution in [3.63, 3.8) is 0 Å². The second-order valence-corrected chi connectivity index (χ2v) is 5.58. The van der Waals surface area contributed by atoms with E-state index in [4.69, 9.17) is 0 Å². The van der Waals surface area contributed by atoms with Crippen LogP contribution in [0.5, 0.6) is 5.75 Å². The zero-order valence-electron chi connectivity index (χ0n) is 9.73. The summed E-state index contributed by atoms with van der Waals surface area (Å²) in [5.41, 5.74) is 1.16. The van der Waals surface area contributed by atoms with Gasteiger partial charge in [-0.15, -0.1) is 0 Å². The van der Waals surface area contributed by atoms with Crippen molar-refractivity contribution in [2.75, 3.05) is 0 Å². The van der Waals surface area contributed by atoms with Crippen LogP contribution in [-0.4, -0.2) is 16.0 Å². The van der Waals surface area contributed by atoms with E-state index in [0.29, 0.717) is 15.6 Å². The van der Waals surface area contributed by atoms with E-state index in [-0.39, 0.29) is 18.2 Å². The van der Waals surface area contributed by atoms with Crippen molar-refractivity contribution < 1.29 is 9.90 Å². The number of halogens is 2. The van der Waals surface area contributed by atoms with E-state index in [0.717, 1.165) is 4.47 Å². The minimum atomic E-state index is -0.210. The number of pyridine rings is 1. The Morgan fingerprint density at radius 1 is 1.26 bits per heavy atom. The maximum atomic E-state index is 11.9. The van der Waals surface area contributed by atoms with Gasteiger partial charge in [-0.05, 0) is 40.2 Å². The number of rotatable bonds is 3. The minimum Gasteiger partial charge on any atom is -0.506 e. The predicted octanol–water partition coefficient (Wildman–Crippen LogP) is 3.24. The van der Waals surface area contributed by atoms with Crippen LogP contribution < -0.4 is 5.32 Å². The highest BCUT2D eigenvalue weighted by Crippen LogP contribution is 2.31. The molecule has 0 saturated heterocycles. The van der Waals surface area contributed by atoms with Crippen LogP contribution in [0.4, 0.5) is 0 Å². The lowest BCUT2D eigenvalue weighted by atomic mass is 10.2. The van der Waals surface area contributed by atoms with Crippen LogP contribution in [0.3, 0.4) is 0 Å². The molecule has 0 spiro atoms. The monoisotopic (exact) mass is 384 g/mol. The number of carbonyl (C=O) groups is 1. The summed E-state index contributed by atoms with van der Waals surface area (Å²) in [4.78, 5) is 15.7. The van der Waals surface area contributed by atoms with Gasteiger partial charge in [-0.3, -0.25) is 9.78 Å². The van der Waals surface area contributed by atoms with Gasteiger partial charge in [-0.1, -0.05) is 15.9 Å². The molecule has 0 saturated carbocycles. The maximum absolute atomic E-state index is 11.9. The highest BCUT2D eigenvalue weighted by Gasteiger charge is 2.10. The molecule has 19 heavy (non-hydrogen) atoms. The first kappa shape index (κ1) is 14.0. The molecule has 2 N–H and O–H groups in total. The summed E-state index contributed by atoms with van der Waals surface area (Å²) in [6, 6.07) is 6.76. The van der Waals surface area contributed by atoms with Gasteiger partial charge in [-0.25, -0.2) is 0 Å². The van der Waals surface area contributed by atoms with Gasteiger partial charge in [0.15, 0.2) is 0 Å². The van der Waals surface area contributed by atoms with E-state index in [1.54, 1.807) is 36.7 Å². The zero-order chi connectivity index (χ0) is 13.8. The molecule has 0 aliphatic carbocycles. The molecule has 1 amide bonds. The van der Waals surface area contributed by atoms with Gasteiger partial charge in [-0.2, -0.15) is 0 Å². The van der Waals surface area contributed by atoms with Gasteiger partial charge in [0.05, 0.1) is 4.47 Å². The lowest BCUT2D eigenvalue weighted by Crippen LogP contribution is -2.22. The van der Waals surface area contributed by atoms with Crippen LogP contribution >= 0.6 is 31.9 Å². The molecule has 0 atom stereocenters. The number of aromatic nitrogens is 1. The third kappa shape index (κ3) is 3.54. The molecular weight excluding hydrogens is 376 g/mol. The molecule has 4 nitrogen and oxygen atoms in total. The highest BCUT2D eigenvalue weighted by molar-refractivity contribution is 9.11. The molecule has 0 unspecified atom stereocenters. The van der Waals surface area contributed by atoms with Gasteiger partial charge < -0.3 is 10.4 Å². The van der Waals surface area contributed by atoms with Gasteiger partial charge in [0.1, 0.15) is 5.75 Å². The molecule has 0 bridgehead atoms. The summed E-state index contributed by atoms with van der Waals surface area (Å²) in [5.74, 6) is -0.0869. The van der Waals surface area contributed by atoms with Crippen LogP contribution in [0.15, 0.2) is 45.6 Å². The fourth-order valence-corrected chi connectivity index (χ4v) is 2.85. The number of aromatic hydroxyl groups is 1. The molecule has 98 valence electrons. The third-order valence-electron chi connectivity index (χ3n) is 2.49. The third-order valence-corrected chi connectivity index (χ3v) is 3.55. The predicted molar refractivity (Wildman–Crippen MR) is 78.9 cm³/mol. The maximum Gasteiger partial charge on any atom is 0.251 e. The average molecular weight is 386 g/mol. The van der Waals surface area contributed by atoms with Crippen LogP contribution in [0.25, 0.3) is 0 Å². The van der Waals surface area contributed by atoms with Crippen LogP contribution in [0, 0.1) is 0 Å². The lowest BCUT2D eigenvalue weighted by Gasteiger charge is -2.09. The summed E-state index contributed by atoms with van der Waals surface area (Å²) in [6.07, 6.45) is 3.12. The molecule has 2 rings (SSSR count). The molecule has 1 aromatic carbocycles. The van der Waals surface area contributed by atoms with E-state index in [2.05, 4.69) is 42.2 Å². The Labute approximate surface area is 127 Å². The van der Waals surface area contributed by atoms with Gasteiger partial charge in [0.2, 0.25) is 0 Å². The summed E-state index contributed by atoms with van der Waals surface area (Å²) < 4.78 is 1.40. The van der Waals surface area contributed by atoms with Crippen LogP contribution in [0.1, 0.15) is 15.9 Å². The fraction of sp³-hybridized carbons (Fsp3) is 0.0769. The Kier molecular flexibility index (Phi) is 4.55. The standard InChI is InChI=1S/C13H10Br2N2O2/c14-10-5-9(12(18)11(15)6-10)7-17-13(19)8-1-3-16-4-2-8/h1-6,18H,7H2,(H,17,19). The molecule has 0 aliphatic rings. The van der Waals surface area contributed by atoms with E-state index < -0.39 is 0 Å². The number of hydrogen-bond donors (Lipinski definition) is 2. The highest BCUT2D eigenvalue weighted by atomic mass is 79.9. The first-order valence-electron chi connectivity index (χ1n) is 5.43. The number of carbonyl (C=O) groups excluding carboxylic acids is 1. The van der Waals surface area contributed by atoms with Crippen molar-refractivity contribution >= 4 is 37.8 Å². The Balaban J connectivity index is 2.09. The van der Waals surface area contributed by atoms with Crippen LogP contribution in [0.2, 0.25) is 0 Å². The van der Waals surface area contributed by atoms with Crippen molar-refractivity contribution in [1.29, 1.82) is 0 Å². The largest absolute Gasteiger partial charge is 0.506 e. The zero-order valence-corrected chi connectivity index (χ0v) is 12.9. The van der Waals surface area contributed by atoms with Crippen molar-refractivity contribution in [3.8, 4) is 5.75 Å². The molecule has 0 radical (unpaired) electrons. The summed E-state index contributed by atoms with van der Waals surface area (Å²) in [7, 11) is 0. The molecule has 6 heteroatoms. The van der Waals surface area contributed by atoms with Gasteiger partial charge in [0.25, 0.3) is 5.91 Å². The Morgan fingerprint density at radius 3 is 2.63 bits per heavy atom. The quantitative estimate of drug-likeness (QED) is 0.852. The van der Waals surface area contributed by atoms with Crippen molar-refractivity contribution in [2.24, 2.45) is 0 Å². The Bertz CT molecular complexity index is 603. The van der Waals surface area contributed by atoms with E-state index >= 15 is 0 Å². The van der Waals surface area contributed by atoms with Crippen molar-refractivity contribution in [2.45, 2.75) is 6.54 Å². The summed E-state index contributed by atoms with van der Waals surface area (Å²) >= 11 is 6.58. The number of nitrogens with zero attached hydrogens (tertiary/aromatic N) is 1. The topological polar surface area (TPSA) is 62.2 Å². The smallest absolute Gasteiger partial charge is 0.251 e. The first-order chi connectivity index (χ1) is 9.08. The lowest BCUT2D eigenvalue weighted by molar-refractivity contribution is 0.0950. The van der Waals surface area contributed by atoms with Crippen molar-refractivity contribution in [3.05, 3.63) is 56.7 Å². The van der Waals surface area contributed by atoms with E-state index in [1.165, 1.54) is 0 Å². The average Bonchev–Trinajstić information content (AvgIpc) is 2.41. The number of benzene rings is 1. The first-order valence-corrected chi connectivity index (χ1v) is 7.01. The van der Waals surface area contributed by atoms with Crippen molar-refractivity contribution in [1.82, 2.24) is 10.3 Å². The van der Waals surface area contributed by atoms with Gasteiger partial charge >= 0.3 is 0 Å². The second-order valence-electron chi connectivity index (χ2n) is 3.81. The van der Waals surface area contributed by atoms with Gasteiger partial charge in [0, 0.05) is 34.5 Å². The number of amides is 1. The number of phenols is 1. The molecular formula is C13H10Br2N2O2. The van der Waals surface area contributed by atoms with E-state index in [9.17, 15) is 9.90 Å². The molecule has 1 heterocycles. The molecule has 0 fully saturated rings. The number of phenolic OH excluding ortho intramolecular Hbond substituents is 1. The number of nitrogens with one attached hydrogen (secondary N) is 1. The normalized spacial score (nSPS) is 10.2. The van der Waals surface area contributed by atoms with E-state index in [1.807, 2.05) is 0 Å².